The van der Waals surface area contributed by atoms with Crippen molar-refractivity contribution < 1.29 is 0 Å². The maximum absolute atomic E-state index is 3.27. The molecule has 1 aromatic heterocycles. The molecule has 1 heteroatoms. The molecule has 0 unspecified atom stereocenters. The second-order valence-electron chi connectivity index (χ2n) is 2.83. The van der Waals surface area contributed by atoms with Gasteiger partial charge in [-0.2, -0.15) is 0 Å². The lowest BCUT2D eigenvalue weighted by atomic mass is 10.2. The first-order valence-electron chi connectivity index (χ1n) is 3.74. The molecule has 1 radical (unpaired) electrons. The zero-order chi connectivity index (χ0) is 7.84. The molecule has 0 amide bonds. The standard InChI is InChI=1S/C10H10N/c1-7-8(2)11-10-6-4-3-5-9(7)10/h3-5,11H,1-2H3. The number of rotatable bonds is 0. The van der Waals surface area contributed by atoms with Gasteiger partial charge in [0.25, 0.3) is 0 Å². The molecule has 0 bridgehead atoms. The number of aromatic nitrogens is 1. The number of aryl methyl sites for hydroxylation is 2. The molecule has 1 nitrogen and oxygen atoms in total. The van der Waals surface area contributed by atoms with Crippen LogP contribution in [0, 0.1) is 19.9 Å². The summed E-state index contributed by atoms with van der Waals surface area (Å²) in [6.07, 6.45) is 0. The van der Waals surface area contributed by atoms with E-state index in [0.717, 1.165) is 5.52 Å². The van der Waals surface area contributed by atoms with Crippen molar-refractivity contribution in [2.24, 2.45) is 0 Å². The molecule has 1 N–H and O–H groups in total. The Bertz CT molecular complexity index is 385. The number of aromatic amines is 1. The molecule has 0 aliphatic carbocycles. The van der Waals surface area contributed by atoms with Crippen LogP contribution in [0.25, 0.3) is 10.9 Å². The second kappa shape index (κ2) is 2.12. The Morgan fingerprint density at radius 1 is 1.36 bits per heavy atom. The SMILES string of the molecule is Cc1[nH]c2[c]cccc2c1C. The minimum atomic E-state index is 1.11. The smallest absolute Gasteiger partial charge is 0.0539 e. The molecule has 1 heterocycles. The molecule has 0 aliphatic rings. The zero-order valence-electron chi connectivity index (χ0n) is 6.73. The summed E-state index contributed by atoms with van der Waals surface area (Å²) < 4.78 is 0. The second-order valence-corrected chi connectivity index (χ2v) is 2.83. The fraction of sp³-hybridized carbons (Fsp3) is 0.200. The van der Waals surface area contributed by atoms with Crippen molar-refractivity contribution in [1.29, 1.82) is 0 Å². The van der Waals surface area contributed by atoms with Gasteiger partial charge in [0, 0.05) is 17.1 Å². The van der Waals surface area contributed by atoms with E-state index in [9.17, 15) is 0 Å². The van der Waals surface area contributed by atoms with Gasteiger partial charge in [-0.15, -0.1) is 0 Å². The number of hydrogen-bond donors (Lipinski definition) is 1. The predicted molar refractivity (Wildman–Crippen MR) is 46.6 cm³/mol. The van der Waals surface area contributed by atoms with E-state index in [-0.39, 0.29) is 0 Å². The van der Waals surface area contributed by atoms with Crippen LogP contribution in [0.4, 0.5) is 0 Å². The maximum Gasteiger partial charge on any atom is 0.0539 e. The number of H-pyrrole nitrogens is 1. The highest BCUT2D eigenvalue weighted by atomic mass is 14.7. The largest absolute Gasteiger partial charge is 0.358 e. The van der Waals surface area contributed by atoms with E-state index in [4.69, 9.17) is 0 Å². The van der Waals surface area contributed by atoms with Crippen LogP contribution >= 0.6 is 0 Å². The van der Waals surface area contributed by atoms with Crippen LogP contribution in [-0.2, 0) is 0 Å². The molecular formula is C10H10N. The van der Waals surface area contributed by atoms with Crippen LogP contribution in [0.15, 0.2) is 18.2 Å². The molecular weight excluding hydrogens is 134 g/mol. The summed E-state index contributed by atoms with van der Waals surface area (Å²) >= 11 is 0. The Kier molecular flexibility index (Phi) is 1.25. The van der Waals surface area contributed by atoms with Gasteiger partial charge in [-0.05, 0) is 19.4 Å². The third-order valence-corrected chi connectivity index (χ3v) is 2.14. The van der Waals surface area contributed by atoms with Gasteiger partial charge in [0.1, 0.15) is 0 Å². The first-order valence-corrected chi connectivity index (χ1v) is 3.74. The normalized spacial score (nSPS) is 10.7. The highest BCUT2D eigenvalue weighted by molar-refractivity contribution is 5.83. The van der Waals surface area contributed by atoms with E-state index >= 15 is 0 Å². The number of para-hydroxylation sites is 1. The summed E-state index contributed by atoms with van der Waals surface area (Å²) in [6.45, 7) is 4.21. The molecule has 0 spiro atoms. The molecule has 0 fully saturated rings. The molecule has 0 saturated heterocycles. The fourth-order valence-corrected chi connectivity index (χ4v) is 1.34. The summed E-state index contributed by atoms with van der Waals surface area (Å²) in [4.78, 5) is 3.27. The zero-order valence-corrected chi connectivity index (χ0v) is 6.73. The van der Waals surface area contributed by atoms with Gasteiger partial charge in [-0.25, -0.2) is 0 Å². The van der Waals surface area contributed by atoms with Crippen LogP contribution in [0.5, 0.6) is 0 Å². The molecule has 55 valence electrons. The van der Waals surface area contributed by atoms with Crippen molar-refractivity contribution in [2.75, 3.05) is 0 Å². The van der Waals surface area contributed by atoms with Gasteiger partial charge < -0.3 is 4.98 Å². The maximum atomic E-state index is 3.27. The molecule has 11 heavy (non-hydrogen) atoms. The van der Waals surface area contributed by atoms with Gasteiger partial charge in [0.05, 0.1) is 5.52 Å². The van der Waals surface area contributed by atoms with Gasteiger partial charge >= 0.3 is 0 Å². The van der Waals surface area contributed by atoms with Crippen molar-refractivity contribution in [3.63, 3.8) is 0 Å². The quantitative estimate of drug-likeness (QED) is 0.585. The average Bonchev–Trinajstić information content (AvgIpc) is 2.30. The highest BCUT2D eigenvalue weighted by Gasteiger charge is 2.00. The summed E-state index contributed by atoms with van der Waals surface area (Å²) in [5.74, 6) is 0. The topological polar surface area (TPSA) is 15.8 Å². The number of fused-ring (bicyclic) bond motifs is 1. The van der Waals surface area contributed by atoms with Crippen molar-refractivity contribution in [3.8, 4) is 0 Å². The van der Waals surface area contributed by atoms with Crippen molar-refractivity contribution in [1.82, 2.24) is 4.98 Å². The fourth-order valence-electron chi connectivity index (χ4n) is 1.34. The van der Waals surface area contributed by atoms with Crippen LogP contribution in [0.3, 0.4) is 0 Å². The average molecular weight is 144 g/mol. The van der Waals surface area contributed by atoms with E-state index < -0.39 is 0 Å². The van der Waals surface area contributed by atoms with E-state index in [2.05, 4.69) is 31.0 Å². The number of nitrogens with one attached hydrogen (secondary N) is 1. The minimum Gasteiger partial charge on any atom is -0.358 e. The minimum absolute atomic E-state index is 1.11. The molecule has 1 aromatic carbocycles. The first-order chi connectivity index (χ1) is 5.29. The van der Waals surface area contributed by atoms with E-state index in [1.54, 1.807) is 0 Å². The van der Waals surface area contributed by atoms with E-state index in [1.807, 2.05) is 12.1 Å². The third kappa shape index (κ3) is 0.845. The lowest BCUT2D eigenvalue weighted by molar-refractivity contribution is 1.25. The lowest BCUT2D eigenvalue weighted by Crippen LogP contribution is -1.70. The Hall–Kier alpha value is -1.24. The van der Waals surface area contributed by atoms with Crippen LogP contribution in [0.1, 0.15) is 11.3 Å². The number of hydrogen-bond acceptors (Lipinski definition) is 0. The predicted octanol–water partition coefficient (Wildman–Crippen LogP) is 2.58. The van der Waals surface area contributed by atoms with Crippen molar-refractivity contribution >= 4 is 10.9 Å². The Morgan fingerprint density at radius 3 is 2.91 bits per heavy atom. The lowest BCUT2D eigenvalue weighted by Gasteiger charge is -1.87. The summed E-state index contributed by atoms with van der Waals surface area (Å²) in [5.41, 5.74) is 3.68. The van der Waals surface area contributed by atoms with Crippen molar-refractivity contribution in [3.05, 3.63) is 35.5 Å². The molecule has 2 aromatic rings. The van der Waals surface area contributed by atoms with Gasteiger partial charge in [0.15, 0.2) is 0 Å². The third-order valence-electron chi connectivity index (χ3n) is 2.14. The Balaban J connectivity index is 2.92. The summed E-state index contributed by atoms with van der Waals surface area (Å²) in [5, 5.41) is 1.28. The molecule has 0 saturated carbocycles. The molecule has 2 rings (SSSR count). The van der Waals surface area contributed by atoms with E-state index in [0.29, 0.717) is 0 Å². The van der Waals surface area contributed by atoms with Crippen molar-refractivity contribution in [2.45, 2.75) is 13.8 Å². The number of benzene rings is 1. The Labute approximate surface area is 66.1 Å². The van der Waals surface area contributed by atoms with E-state index in [1.165, 1.54) is 16.6 Å². The van der Waals surface area contributed by atoms with Crippen LogP contribution in [-0.4, -0.2) is 4.98 Å². The Morgan fingerprint density at radius 2 is 2.18 bits per heavy atom. The van der Waals surface area contributed by atoms with Gasteiger partial charge in [0.2, 0.25) is 0 Å². The summed E-state index contributed by atoms with van der Waals surface area (Å²) in [7, 11) is 0. The monoisotopic (exact) mass is 144 g/mol. The first kappa shape index (κ1) is 6.47. The van der Waals surface area contributed by atoms with Crippen LogP contribution in [0.2, 0.25) is 0 Å². The summed E-state index contributed by atoms with van der Waals surface area (Å²) in [6, 6.07) is 9.22. The van der Waals surface area contributed by atoms with Gasteiger partial charge in [-0.3, -0.25) is 0 Å². The van der Waals surface area contributed by atoms with Crippen LogP contribution < -0.4 is 0 Å². The van der Waals surface area contributed by atoms with Gasteiger partial charge in [-0.1, -0.05) is 18.2 Å². The molecule has 0 aliphatic heterocycles. The molecule has 0 atom stereocenters. The highest BCUT2D eigenvalue weighted by Crippen LogP contribution is 2.19.